The van der Waals surface area contributed by atoms with Gasteiger partial charge >= 0.3 is 5.97 Å². The molecule has 1 saturated carbocycles. The smallest absolute Gasteiger partial charge is 0.338 e. The van der Waals surface area contributed by atoms with Crippen LogP contribution in [0.25, 0.3) is 16.6 Å². The zero-order valence-corrected chi connectivity index (χ0v) is 18.5. The van der Waals surface area contributed by atoms with Crippen LogP contribution in [-0.4, -0.2) is 35.6 Å². The number of carbonyl (C=O) groups is 1. The zero-order chi connectivity index (χ0) is 23.8. The molecule has 0 amide bonds. The number of nitriles is 1. The summed E-state index contributed by atoms with van der Waals surface area (Å²) in [5.74, 6) is -0.750. The van der Waals surface area contributed by atoms with E-state index in [2.05, 4.69) is 21.5 Å². The van der Waals surface area contributed by atoms with Gasteiger partial charge in [0.25, 0.3) is 5.56 Å². The number of anilines is 2. The normalized spacial score (nSPS) is 18.0. The van der Waals surface area contributed by atoms with Crippen molar-refractivity contribution in [2.45, 2.75) is 38.6 Å². The number of rotatable bonds is 5. The molecule has 10 heteroatoms. The molecule has 1 aliphatic carbocycles. The fourth-order valence-corrected chi connectivity index (χ4v) is 4.69. The Labute approximate surface area is 194 Å². The van der Waals surface area contributed by atoms with Crippen molar-refractivity contribution in [3.63, 3.8) is 0 Å². The molecule has 1 aromatic carbocycles. The molecule has 3 heterocycles. The molecule has 3 N–H and O–H groups in total. The van der Waals surface area contributed by atoms with Gasteiger partial charge in [0.1, 0.15) is 5.39 Å². The Balaban J connectivity index is 1.52. The average Bonchev–Trinajstić information content (AvgIpc) is 3.46. The van der Waals surface area contributed by atoms with Gasteiger partial charge < -0.3 is 15.4 Å². The third kappa shape index (κ3) is 3.71. The molecule has 5 rings (SSSR count). The summed E-state index contributed by atoms with van der Waals surface area (Å²) in [4.78, 5) is 26.6. The van der Waals surface area contributed by atoms with E-state index < -0.39 is 5.97 Å². The van der Waals surface area contributed by atoms with Crippen molar-refractivity contribution in [3.8, 4) is 11.8 Å². The zero-order valence-electron chi connectivity index (χ0n) is 18.5. The molecule has 2 unspecified atom stereocenters. The number of aromatic carboxylic acids is 1. The minimum Gasteiger partial charge on any atom is -0.478 e. The molecular weight excluding hydrogens is 434 g/mol. The monoisotopic (exact) mass is 457 g/mol. The first-order valence-corrected chi connectivity index (χ1v) is 11.1. The van der Waals surface area contributed by atoms with Crippen LogP contribution in [0, 0.1) is 24.2 Å². The number of nitrogens with zero attached hydrogens (tertiary/aromatic N) is 5. The average molecular weight is 457 g/mol. The van der Waals surface area contributed by atoms with Gasteiger partial charge in [0.15, 0.2) is 5.82 Å². The Hall–Kier alpha value is -4.39. The lowest BCUT2D eigenvalue weighted by Gasteiger charge is -2.27. The maximum atomic E-state index is 12.7. The van der Waals surface area contributed by atoms with Crippen LogP contribution < -0.4 is 10.9 Å². The number of nitrogens with one attached hydrogen (secondary N) is 2. The van der Waals surface area contributed by atoms with Crippen LogP contribution in [0.5, 0.6) is 0 Å². The second-order valence-corrected chi connectivity index (χ2v) is 8.55. The van der Waals surface area contributed by atoms with Gasteiger partial charge in [-0.15, -0.1) is 0 Å². The Morgan fingerprint density at radius 1 is 1.29 bits per heavy atom. The van der Waals surface area contributed by atoms with Gasteiger partial charge in [0.2, 0.25) is 0 Å². The molecule has 0 saturated heterocycles. The number of carboxylic acid groups (broad SMARTS) is 1. The van der Waals surface area contributed by atoms with Crippen LogP contribution in [0.4, 0.5) is 11.5 Å². The van der Waals surface area contributed by atoms with Gasteiger partial charge in [-0.3, -0.25) is 9.48 Å². The number of pyridine rings is 1. The van der Waals surface area contributed by atoms with Gasteiger partial charge in [-0.05, 0) is 49.6 Å². The molecule has 4 aromatic rings. The Kier molecular flexibility index (Phi) is 5.37. The Bertz CT molecular complexity index is 1490. The molecule has 172 valence electrons. The minimum atomic E-state index is -1.04. The summed E-state index contributed by atoms with van der Waals surface area (Å²) in [6, 6.07) is 9.70. The first-order chi connectivity index (χ1) is 16.5. The number of hydrogen-bond acceptors (Lipinski definition) is 6. The topological polar surface area (TPSA) is 142 Å². The number of aromatic amines is 1. The van der Waals surface area contributed by atoms with E-state index in [9.17, 15) is 14.9 Å². The molecule has 2 atom stereocenters. The molecule has 0 spiro atoms. The van der Waals surface area contributed by atoms with Crippen molar-refractivity contribution in [2.75, 3.05) is 5.32 Å². The summed E-state index contributed by atoms with van der Waals surface area (Å²) in [5.41, 5.74) is 2.88. The number of carboxylic acids is 1. The number of hydrogen-bond donors (Lipinski definition) is 3. The fourth-order valence-electron chi connectivity index (χ4n) is 4.69. The van der Waals surface area contributed by atoms with E-state index in [1.54, 1.807) is 6.20 Å². The van der Waals surface area contributed by atoms with Crippen molar-refractivity contribution in [1.82, 2.24) is 24.5 Å². The molecular formula is C24H23N7O3. The minimum absolute atomic E-state index is 0.0778. The maximum absolute atomic E-state index is 12.7. The predicted molar refractivity (Wildman–Crippen MR) is 126 cm³/mol. The van der Waals surface area contributed by atoms with Crippen LogP contribution in [0.3, 0.4) is 0 Å². The van der Waals surface area contributed by atoms with Crippen LogP contribution in [0.2, 0.25) is 0 Å². The number of aryl methyl sites for hydroxylation is 1. The lowest BCUT2D eigenvalue weighted by molar-refractivity contribution is 0.0697. The third-order valence-corrected chi connectivity index (χ3v) is 6.38. The van der Waals surface area contributed by atoms with Crippen molar-refractivity contribution in [3.05, 3.63) is 64.3 Å². The van der Waals surface area contributed by atoms with E-state index in [4.69, 9.17) is 10.2 Å². The summed E-state index contributed by atoms with van der Waals surface area (Å²) in [6.07, 6.45) is 8.08. The lowest BCUT2D eigenvalue weighted by atomic mass is 9.85. The number of H-pyrrole nitrogens is 1. The molecule has 0 radical (unpaired) electrons. The highest BCUT2D eigenvalue weighted by atomic mass is 16.4. The summed E-state index contributed by atoms with van der Waals surface area (Å²) in [5, 5.41) is 31.4. The van der Waals surface area contributed by atoms with E-state index in [0.29, 0.717) is 16.7 Å². The van der Waals surface area contributed by atoms with Gasteiger partial charge in [-0.25, -0.2) is 9.48 Å². The predicted octanol–water partition coefficient (Wildman–Crippen LogP) is 3.92. The Morgan fingerprint density at radius 2 is 2.12 bits per heavy atom. The maximum Gasteiger partial charge on any atom is 0.338 e. The quantitative estimate of drug-likeness (QED) is 0.412. The molecule has 1 aliphatic rings. The van der Waals surface area contributed by atoms with E-state index in [-0.39, 0.29) is 23.1 Å². The summed E-state index contributed by atoms with van der Waals surface area (Å²) < 4.78 is 3.35. The largest absolute Gasteiger partial charge is 0.478 e. The van der Waals surface area contributed by atoms with Gasteiger partial charge in [-0.2, -0.15) is 15.5 Å². The van der Waals surface area contributed by atoms with Crippen LogP contribution in [0.1, 0.15) is 47.6 Å². The second kappa shape index (κ2) is 8.51. The van der Waals surface area contributed by atoms with Crippen LogP contribution in [-0.2, 0) is 0 Å². The van der Waals surface area contributed by atoms with Gasteiger partial charge in [0.05, 0.1) is 41.0 Å². The van der Waals surface area contributed by atoms with Crippen molar-refractivity contribution in [1.29, 1.82) is 5.26 Å². The van der Waals surface area contributed by atoms with E-state index >= 15 is 0 Å². The number of aromatic nitrogens is 5. The number of benzene rings is 1. The van der Waals surface area contributed by atoms with Crippen molar-refractivity contribution >= 4 is 28.4 Å². The van der Waals surface area contributed by atoms with E-state index in [0.717, 1.165) is 42.6 Å². The second-order valence-electron chi connectivity index (χ2n) is 8.55. The van der Waals surface area contributed by atoms with E-state index in [1.807, 2.05) is 35.9 Å². The standard InChI is InChI=1S/C24H23N7O3/c1-14-10-17(6-7-18(14)30-13-16(12-27-30)24(33)34)28-22-21-20(8-9-26-23(21)32)31(29-22)19-5-3-2-4-15(19)11-25/h6-10,12-13,15,19H,2-5H2,1H3,(H,26,32)(H,28,29)(H,33,34). The van der Waals surface area contributed by atoms with Gasteiger partial charge in [-0.1, -0.05) is 12.8 Å². The first-order valence-electron chi connectivity index (χ1n) is 11.1. The lowest BCUT2D eigenvalue weighted by Crippen LogP contribution is -2.23. The highest BCUT2D eigenvalue weighted by molar-refractivity contribution is 5.91. The highest BCUT2D eigenvalue weighted by Gasteiger charge is 2.29. The molecule has 0 aliphatic heterocycles. The molecule has 10 nitrogen and oxygen atoms in total. The SMILES string of the molecule is Cc1cc(Nc2nn(C3CCCCC3C#N)c3cc[nH]c(=O)c23)ccc1-n1cc(C(=O)O)cn1. The number of fused-ring (bicyclic) bond motifs is 1. The highest BCUT2D eigenvalue weighted by Crippen LogP contribution is 2.36. The van der Waals surface area contributed by atoms with Crippen molar-refractivity contribution < 1.29 is 9.90 Å². The Morgan fingerprint density at radius 3 is 2.85 bits per heavy atom. The summed E-state index contributed by atoms with van der Waals surface area (Å²) >= 11 is 0. The molecule has 0 bridgehead atoms. The van der Waals surface area contributed by atoms with Crippen molar-refractivity contribution in [2.24, 2.45) is 5.92 Å². The molecule has 1 fully saturated rings. The fraction of sp³-hybridized carbons (Fsp3) is 0.292. The van der Waals surface area contributed by atoms with E-state index in [1.165, 1.54) is 17.1 Å². The summed E-state index contributed by atoms with van der Waals surface area (Å²) in [6.45, 7) is 1.89. The molecule has 34 heavy (non-hydrogen) atoms. The third-order valence-electron chi connectivity index (χ3n) is 6.38. The van der Waals surface area contributed by atoms with Gasteiger partial charge in [0, 0.05) is 18.1 Å². The summed E-state index contributed by atoms with van der Waals surface area (Å²) in [7, 11) is 0. The first kappa shape index (κ1) is 21.5. The van der Waals surface area contributed by atoms with Crippen LogP contribution >= 0.6 is 0 Å². The van der Waals surface area contributed by atoms with Crippen LogP contribution in [0.15, 0.2) is 47.7 Å². The molecule has 3 aromatic heterocycles.